The second-order valence-corrected chi connectivity index (χ2v) is 6.24. The maximum atomic E-state index is 12.6. The van der Waals surface area contributed by atoms with Crippen LogP contribution in [0.15, 0.2) is 30.3 Å². The normalized spacial score (nSPS) is 30.0. The molecule has 2 aliphatic rings. The van der Waals surface area contributed by atoms with Gasteiger partial charge in [0.05, 0.1) is 5.92 Å². The number of carbonyl (C=O) groups is 2. The summed E-state index contributed by atoms with van der Waals surface area (Å²) < 4.78 is 0. The molecule has 1 N–H and O–H groups in total. The number of benzene rings is 1. The molecular formula is C17H22N2O2. The number of hydrogen-bond donors (Lipinski definition) is 1. The number of rotatable bonds is 3. The topological polar surface area (TPSA) is 49.4 Å². The number of likely N-dealkylation sites (tertiary alicyclic amines) is 1. The van der Waals surface area contributed by atoms with E-state index in [9.17, 15) is 9.59 Å². The summed E-state index contributed by atoms with van der Waals surface area (Å²) in [4.78, 5) is 26.3. The van der Waals surface area contributed by atoms with Crippen LogP contribution in [0.1, 0.15) is 31.2 Å². The molecule has 0 spiro atoms. The van der Waals surface area contributed by atoms with E-state index in [0.29, 0.717) is 24.8 Å². The fourth-order valence-corrected chi connectivity index (χ4v) is 3.39. The first-order chi connectivity index (χ1) is 10.2. The van der Waals surface area contributed by atoms with Crippen molar-refractivity contribution < 1.29 is 9.59 Å². The minimum absolute atomic E-state index is 0.0143. The summed E-state index contributed by atoms with van der Waals surface area (Å²) in [6.45, 7) is 4.73. The van der Waals surface area contributed by atoms with Gasteiger partial charge >= 0.3 is 0 Å². The molecule has 21 heavy (non-hydrogen) atoms. The Morgan fingerprint density at radius 3 is 2.71 bits per heavy atom. The summed E-state index contributed by atoms with van der Waals surface area (Å²) in [5, 5.41) is 3.36. The molecule has 3 rings (SSSR count). The summed E-state index contributed by atoms with van der Waals surface area (Å²) >= 11 is 0. The van der Waals surface area contributed by atoms with Crippen LogP contribution in [-0.4, -0.2) is 36.3 Å². The standard InChI is InChI=1S/C17H22N2O2/c1-12-10-18-8-7-14(12)11-19-16(20)9-15(17(19)21)13-5-3-2-4-6-13/h2-6,12,14-15,18H,7-11H2,1H3. The van der Waals surface area contributed by atoms with Gasteiger partial charge in [-0.25, -0.2) is 0 Å². The zero-order chi connectivity index (χ0) is 14.8. The molecule has 2 fully saturated rings. The fourth-order valence-electron chi connectivity index (χ4n) is 3.39. The van der Waals surface area contributed by atoms with Gasteiger partial charge in [-0.15, -0.1) is 0 Å². The molecule has 3 unspecified atom stereocenters. The third kappa shape index (κ3) is 2.86. The van der Waals surface area contributed by atoms with Gasteiger partial charge in [-0.2, -0.15) is 0 Å². The molecule has 0 aromatic heterocycles. The summed E-state index contributed by atoms with van der Waals surface area (Å²) in [7, 11) is 0. The molecule has 0 bridgehead atoms. The lowest BCUT2D eigenvalue weighted by atomic mass is 9.87. The van der Waals surface area contributed by atoms with Crippen molar-refractivity contribution in [1.82, 2.24) is 10.2 Å². The van der Waals surface area contributed by atoms with Crippen LogP contribution in [-0.2, 0) is 9.59 Å². The molecular weight excluding hydrogens is 264 g/mol. The van der Waals surface area contributed by atoms with Crippen molar-refractivity contribution in [2.45, 2.75) is 25.7 Å². The second-order valence-electron chi connectivity index (χ2n) is 6.24. The van der Waals surface area contributed by atoms with Crippen molar-refractivity contribution in [2.24, 2.45) is 11.8 Å². The molecule has 0 radical (unpaired) electrons. The van der Waals surface area contributed by atoms with Crippen LogP contribution in [0.4, 0.5) is 0 Å². The molecule has 0 saturated carbocycles. The highest BCUT2D eigenvalue weighted by atomic mass is 16.2. The van der Waals surface area contributed by atoms with E-state index in [-0.39, 0.29) is 17.7 Å². The summed E-state index contributed by atoms with van der Waals surface area (Å²) in [5.41, 5.74) is 0.955. The number of amides is 2. The largest absolute Gasteiger partial charge is 0.316 e. The zero-order valence-corrected chi connectivity index (χ0v) is 12.4. The van der Waals surface area contributed by atoms with Crippen LogP contribution in [0, 0.1) is 11.8 Å². The third-order valence-corrected chi connectivity index (χ3v) is 4.83. The highest BCUT2D eigenvalue weighted by Gasteiger charge is 2.40. The molecule has 4 nitrogen and oxygen atoms in total. The van der Waals surface area contributed by atoms with Crippen LogP contribution in [0.2, 0.25) is 0 Å². The molecule has 2 saturated heterocycles. The first-order valence-corrected chi connectivity index (χ1v) is 7.76. The SMILES string of the molecule is CC1CNCCC1CN1C(=O)CC(c2ccccc2)C1=O. The maximum absolute atomic E-state index is 12.6. The number of nitrogens with zero attached hydrogens (tertiary/aromatic N) is 1. The maximum Gasteiger partial charge on any atom is 0.237 e. The second kappa shape index (κ2) is 5.98. The first-order valence-electron chi connectivity index (χ1n) is 7.76. The number of carbonyl (C=O) groups excluding carboxylic acids is 2. The number of piperidine rings is 1. The fraction of sp³-hybridized carbons (Fsp3) is 0.529. The van der Waals surface area contributed by atoms with Crippen LogP contribution < -0.4 is 5.32 Å². The van der Waals surface area contributed by atoms with E-state index in [0.717, 1.165) is 25.1 Å². The molecule has 1 aromatic rings. The predicted molar refractivity (Wildman–Crippen MR) is 80.7 cm³/mol. The molecule has 112 valence electrons. The van der Waals surface area contributed by atoms with E-state index in [2.05, 4.69) is 12.2 Å². The van der Waals surface area contributed by atoms with E-state index < -0.39 is 0 Å². The quantitative estimate of drug-likeness (QED) is 0.862. The monoisotopic (exact) mass is 286 g/mol. The van der Waals surface area contributed by atoms with Crippen LogP contribution in [0.5, 0.6) is 0 Å². The average molecular weight is 286 g/mol. The van der Waals surface area contributed by atoms with Crippen molar-refractivity contribution in [1.29, 1.82) is 0 Å². The van der Waals surface area contributed by atoms with Crippen molar-refractivity contribution in [2.75, 3.05) is 19.6 Å². The summed E-state index contributed by atoms with van der Waals surface area (Å²) in [6.07, 6.45) is 1.36. The lowest BCUT2D eigenvalue weighted by molar-refractivity contribution is -0.139. The number of imide groups is 1. The van der Waals surface area contributed by atoms with Crippen molar-refractivity contribution in [3.63, 3.8) is 0 Å². The minimum Gasteiger partial charge on any atom is -0.316 e. The lowest BCUT2D eigenvalue weighted by Crippen LogP contribution is -2.43. The van der Waals surface area contributed by atoms with E-state index in [1.807, 2.05) is 30.3 Å². The first kappa shape index (κ1) is 14.3. The third-order valence-electron chi connectivity index (χ3n) is 4.83. The number of hydrogen-bond acceptors (Lipinski definition) is 3. The minimum atomic E-state index is -0.282. The van der Waals surface area contributed by atoms with E-state index >= 15 is 0 Å². The summed E-state index contributed by atoms with van der Waals surface area (Å²) in [5.74, 6) is 0.621. The highest BCUT2D eigenvalue weighted by molar-refractivity contribution is 6.06. The van der Waals surface area contributed by atoms with Gasteiger partial charge < -0.3 is 5.32 Å². The van der Waals surface area contributed by atoms with Gasteiger partial charge in [-0.1, -0.05) is 37.3 Å². The lowest BCUT2D eigenvalue weighted by Gasteiger charge is -2.32. The predicted octanol–water partition coefficient (Wildman–Crippen LogP) is 1.77. The average Bonchev–Trinajstić information content (AvgIpc) is 2.78. The van der Waals surface area contributed by atoms with Gasteiger partial charge in [-0.05, 0) is 36.9 Å². The molecule has 2 amide bonds. The Kier molecular flexibility index (Phi) is 4.06. The molecule has 3 atom stereocenters. The molecule has 4 heteroatoms. The zero-order valence-electron chi connectivity index (χ0n) is 12.4. The Hall–Kier alpha value is -1.68. The Morgan fingerprint density at radius 1 is 1.24 bits per heavy atom. The van der Waals surface area contributed by atoms with Gasteiger partial charge in [0.15, 0.2) is 0 Å². The van der Waals surface area contributed by atoms with E-state index in [4.69, 9.17) is 0 Å². The van der Waals surface area contributed by atoms with Crippen LogP contribution in [0.3, 0.4) is 0 Å². The smallest absolute Gasteiger partial charge is 0.237 e. The Bertz CT molecular complexity index is 529. The Morgan fingerprint density at radius 2 is 2.00 bits per heavy atom. The highest BCUT2D eigenvalue weighted by Crippen LogP contribution is 2.31. The van der Waals surface area contributed by atoms with Gasteiger partial charge in [0, 0.05) is 13.0 Å². The molecule has 2 heterocycles. The summed E-state index contributed by atoms with van der Waals surface area (Å²) in [6, 6.07) is 9.65. The van der Waals surface area contributed by atoms with Crippen molar-refractivity contribution >= 4 is 11.8 Å². The van der Waals surface area contributed by atoms with Crippen molar-refractivity contribution in [3.05, 3.63) is 35.9 Å². The van der Waals surface area contributed by atoms with Gasteiger partial charge in [-0.3, -0.25) is 14.5 Å². The molecule has 2 aliphatic heterocycles. The Balaban J connectivity index is 1.72. The van der Waals surface area contributed by atoms with E-state index in [1.165, 1.54) is 4.90 Å². The number of nitrogens with one attached hydrogen (secondary N) is 1. The Labute approximate surface area is 125 Å². The van der Waals surface area contributed by atoms with Gasteiger partial charge in [0.1, 0.15) is 0 Å². The van der Waals surface area contributed by atoms with Crippen LogP contribution in [0.25, 0.3) is 0 Å². The molecule has 1 aromatic carbocycles. The van der Waals surface area contributed by atoms with Crippen LogP contribution >= 0.6 is 0 Å². The van der Waals surface area contributed by atoms with Gasteiger partial charge in [0.25, 0.3) is 0 Å². The van der Waals surface area contributed by atoms with Crippen molar-refractivity contribution in [3.8, 4) is 0 Å². The van der Waals surface area contributed by atoms with Gasteiger partial charge in [0.2, 0.25) is 11.8 Å². The van der Waals surface area contributed by atoms with E-state index in [1.54, 1.807) is 0 Å². The molecule has 0 aliphatic carbocycles.